The van der Waals surface area contributed by atoms with E-state index in [2.05, 4.69) is 12.2 Å². The van der Waals surface area contributed by atoms with Gasteiger partial charge in [-0.1, -0.05) is 6.42 Å². The predicted molar refractivity (Wildman–Crippen MR) is 71.6 cm³/mol. The summed E-state index contributed by atoms with van der Waals surface area (Å²) in [5.41, 5.74) is 0.515. The first kappa shape index (κ1) is 12.9. The van der Waals surface area contributed by atoms with Crippen LogP contribution in [-0.4, -0.2) is 38.5 Å². The third kappa shape index (κ3) is 2.21. The molecular formula is C15H27NO2. The van der Waals surface area contributed by atoms with E-state index in [-0.39, 0.29) is 0 Å². The minimum atomic E-state index is 0.515. The molecule has 0 aromatic heterocycles. The first-order valence-electron chi connectivity index (χ1n) is 7.78. The molecule has 3 heteroatoms. The average Bonchev–Trinajstić information content (AvgIpc) is 2.32. The summed E-state index contributed by atoms with van der Waals surface area (Å²) in [5, 5.41) is 3.83. The van der Waals surface area contributed by atoms with Gasteiger partial charge in [0.15, 0.2) is 0 Å². The lowest BCUT2D eigenvalue weighted by atomic mass is 9.51. The van der Waals surface area contributed by atoms with Gasteiger partial charge in [-0.05, 0) is 51.5 Å². The molecule has 3 fully saturated rings. The number of rotatable bonds is 5. The van der Waals surface area contributed by atoms with Crippen molar-refractivity contribution in [3.05, 3.63) is 0 Å². The third-order valence-corrected chi connectivity index (χ3v) is 5.43. The maximum absolute atomic E-state index is 5.90. The molecule has 1 saturated heterocycles. The summed E-state index contributed by atoms with van der Waals surface area (Å²) in [6.45, 7) is 6.11. The molecule has 0 amide bonds. The van der Waals surface area contributed by atoms with Crippen LogP contribution in [0.1, 0.15) is 45.4 Å². The fourth-order valence-corrected chi connectivity index (χ4v) is 3.98. The summed E-state index contributed by atoms with van der Waals surface area (Å²) >= 11 is 0. The molecule has 0 bridgehead atoms. The fraction of sp³-hybridized carbons (Fsp3) is 1.00. The summed E-state index contributed by atoms with van der Waals surface area (Å²) in [6.07, 6.45) is 8.41. The molecule has 3 nitrogen and oxygen atoms in total. The Balaban J connectivity index is 1.46. The van der Waals surface area contributed by atoms with Gasteiger partial charge in [-0.15, -0.1) is 0 Å². The number of nitrogens with one attached hydrogen (secondary N) is 1. The standard InChI is InChI=1S/C15H27NO2/c1-2-18-14-10-13(15(14)6-3-7-15)16-11-12-4-8-17-9-5-12/h12-14,16H,2-11H2,1H3. The Morgan fingerprint density at radius 2 is 2.06 bits per heavy atom. The van der Waals surface area contributed by atoms with Gasteiger partial charge in [0, 0.05) is 31.3 Å². The number of ether oxygens (including phenoxy) is 2. The lowest BCUT2D eigenvalue weighted by Crippen LogP contribution is -2.67. The van der Waals surface area contributed by atoms with Crippen molar-refractivity contribution in [1.29, 1.82) is 0 Å². The Kier molecular flexibility index (Phi) is 3.92. The van der Waals surface area contributed by atoms with E-state index in [4.69, 9.17) is 9.47 Å². The molecule has 2 atom stereocenters. The summed E-state index contributed by atoms with van der Waals surface area (Å²) in [5.74, 6) is 0.835. The van der Waals surface area contributed by atoms with Gasteiger partial charge in [-0.2, -0.15) is 0 Å². The van der Waals surface area contributed by atoms with Crippen LogP contribution >= 0.6 is 0 Å². The van der Waals surface area contributed by atoms with Crippen LogP contribution in [0.5, 0.6) is 0 Å². The molecule has 18 heavy (non-hydrogen) atoms. The quantitative estimate of drug-likeness (QED) is 0.816. The highest BCUT2D eigenvalue weighted by molar-refractivity contribution is 5.12. The maximum Gasteiger partial charge on any atom is 0.0661 e. The van der Waals surface area contributed by atoms with E-state index < -0.39 is 0 Å². The molecule has 0 radical (unpaired) electrons. The van der Waals surface area contributed by atoms with Crippen LogP contribution < -0.4 is 5.32 Å². The highest BCUT2D eigenvalue weighted by Crippen LogP contribution is 2.57. The molecule has 3 rings (SSSR count). The highest BCUT2D eigenvalue weighted by Gasteiger charge is 2.58. The van der Waals surface area contributed by atoms with Crippen molar-refractivity contribution >= 4 is 0 Å². The monoisotopic (exact) mass is 253 g/mol. The molecule has 0 aromatic carbocycles. The molecule has 104 valence electrons. The van der Waals surface area contributed by atoms with Crippen molar-refractivity contribution in [2.24, 2.45) is 11.3 Å². The minimum absolute atomic E-state index is 0.515. The molecule has 1 spiro atoms. The Labute approximate surface area is 111 Å². The van der Waals surface area contributed by atoms with E-state index in [9.17, 15) is 0 Å². The second-order valence-electron chi connectivity index (χ2n) is 6.28. The SMILES string of the molecule is CCOC1CC(NCC2CCOCC2)C12CCC2. The fourth-order valence-electron chi connectivity index (χ4n) is 3.98. The highest BCUT2D eigenvalue weighted by atomic mass is 16.5. The predicted octanol–water partition coefficient (Wildman–Crippen LogP) is 2.35. The minimum Gasteiger partial charge on any atom is -0.381 e. The zero-order chi connectivity index (χ0) is 12.4. The summed E-state index contributed by atoms with van der Waals surface area (Å²) in [7, 11) is 0. The summed E-state index contributed by atoms with van der Waals surface area (Å²) < 4.78 is 11.3. The van der Waals surface area contributed by atoms with E-state index in [1.54, 1.807) is 0 Å². The molecule has 2 unspecified atom stereocenters. The van der Waals surface area contributed by atoms with Crippen molar-refractivity contribution in [3.63, 3.8) is 0 Å². The van der Waals surface area contributed by atoms with Gasteiger partial charge in [0.1, 0.15) is 0 Å². The maximum atomic E-state index is 5.90. The third-order valence-electron chi connectivity index (χ3n) is 5.43. The first-order chi connectivity index (χ1) is 8.85. The Morgan fingerprint density at radius 1 is 1.28 bits per heavy atom. The lowest BCUT2D eigenvalue weighted by molar-refractivity contribution is -0.173. The van der Waals surface area contributed by atoms with Crippen molar-refractivity contribution < 1.29 is 9.47 Å². The zero-order valence-corrected chi connectivity index (χ0v) is 11.6. The smallest absolute Gasteiger partial charge is 0.0661 e. The van der Waals surface area contributed by atoms with E-state index >= 15 is 0 Å². The average molecular weight is 253 g/mol. The van der Waals surface area contributed by atoms with Crippen LogP contribution in [-0.2, 0) is 9.47 Å². The van der Waals surface area contributed by atoms with Crippen LogP contribution in [0.4, 0.5) is 0 Å². The molecular weight excluding hydrogens is 226 g/mol. The number of hydrogen-bond acceptors (Lipinski definition) is 3. The van der Waals surface area contributed by atoms with E-state index in [0.717, 1.165) is 31.8 Å². The van der Waals surface area contributed by atoms with Gasteiger partial charge in [0.2, 0.25) is 0 Å². The van der Waals surface area contributed by atoms with Crippen molar-refractivity contribution in [2.75, 3.05) is 26.4 Å². The van der Waals surface area contributed by atoms with E-state index in [1.807, 2.05) is 0 Å². The summed E-state index contributed by atoms with van der Waals surface area (Å²) in [4.78, 5) is 0. The second-order valence-corrected chi connectivity index (χ2v) is 6.28. The van der Waals surface area contributed by atoms with E-state index in [0.29, 0.717) is 11.5 Å². The van der Waals surface area contributed by atoms with Crippen LogP contribution in [0.25, 0.3) is 0 Å². The Morgan fingerprint density at radius 3 is 2.67 bits per heavy atom. The lowest BCUT2D eigenvalue weighted by Gasteiger charge is -2.61. The summed E-state index contributed by atoms with van der Waals surface area (Å²) in [6, 6.07) is 0.727. The Bertz CT molecular complexity index is 272. The molecule has 0 aromatic rings. The van der Waals surface area contributed by atoms with Gasteiger partial charge in [0.05, 0.1) is 6.10 Å². The molecule has 1 aliphatic heterocycles. The Hall–Kier alpha value is -0.120. The van der Waals surface area contributed by atoms with Crippen LogP contribution in [0, 0.1) is 11.3 Å². The molecule has 2 aliphatic carbocycles. The van der Waals surface area contributed by atoms with Gasteiger partial charge >= 0.3 is 0 Å². The molecule has 1 N–H and O–H groups in total. The topological polar surface area (TPSA) is 30.5 Å². The zero-order valence-electron chi connectivity index (χ0n) is 11.6. The van der Waals surface area contributed by atoms with E-state index in [1.165, 1.54) is 45.1 Å². The van der Waals surface area contributed by atoms with Crippen LogP contribution in [0.15, 0.2) is 0 Å². The van der Waals surface area contributed by atoms with Gasteiger partial charge in [0.25, 0.3) is 0 Å². The van der Waals surface area contributed by atoms with Crippen molar-refractivity contribution in [1.82, 2.24) is 5.32 Å². The van der Waals surface area contributed by atoms with Crippen LogP contribution in [0.3, 0.4) is 0 Å². The number of hydrogen-bond donors (Lipinski definition) is 1. The second kappa shape index (κ2) is 5.48. The molecule has 1 heterocycles. The first-order valence-corrected chi connectivity index (χ1v) is 7.78. The van der Waals surface area contributed by atoms with Gasteiger partial charge in [-0.25, -0.2) is 0 Å². The normalized spacial score (nSPS) is 35.2. The van der Waals surface area contributed by atoms with Gasteiger partial charge < -0.3 is 14.8 Å². The molecule has 3 aliphatic rings. The molecule has 2 saturated carbocycles. The van der Waals surface area contributed by atoms with Crippen molar-refractivity contribution in [3.8, 4) is 0 Å². The van der Waals surface area contributed by atoms with Crippen molar-refractivity contribution in [2.45, 2.75) is 57.6 Å². The largest absolute Gasteiger partial charge is 0.381 e. The van der Waals surface area contributed by atoms with Gasteiger partial charge in [-0.3, -0.25) is 0 Å². The van der Waals surface area contributed by atoms with Crippen LogP contribution in [0.2, 0.25) is 0 Å².